The molecule has 1 aromatic carbocycles. The molecule has 0 saturated carbocycles. The van der Waals surface area contributed by atoms with Gasteiger partial charge in [-0.25, -0.2) is 4.79 Å². The third-order valence-electron chi connectivity index (χ3n) is 3.57. The van der Waals surface area contributed by atoms with Gasteiger partial charge >= 0.3 is 5.69 Å². The highest BCUT2D eigenvalue weighted by Gasteiger charge is 2.12. The second-order valence-electron chi connectivity index (χ2n) is 4.76. The molecule has 6 nitrogen and oxygen atoms in total. The van der Waals surface area contributed by atoms with Crippen molar-refractivity contribution in [2.45, 2.75) is 0 Å². The minimum atomic E-state index is -0.382. The molecule has 0 spiro atoms. The molecular weight excluding hydrogens is 244 g/mol. The molecule has 1 fully saturated rings. The van der Waals surface area contributed by atoms with Gasteiger partial charge in [0, 0.05) is 38.9 Å². The fourth-order valence-electron chi connectivity index (χ4n) is 2.41. The summed E-state index contributed by atoms with van der Waals surface area (Å²) in [5.41, 5.74) is 0.980. The zero-order valence-corrected chi connectivity index (χ0v) is 10.8. The van der Waals surface area contributed by atoms with Crippen LogP contribution in [0.2, 0.25) is 0 Å². The van der Waals surface area contributed by atoms with Crippen molar-refractivity contribution in [3.05, 3.63) is 39.0 Å². The lowest BCUT2D eigenvalue weighted by atomic mass is 10.2. The first kappa shape index (κ1) is 12.0. The normalized spacial score (nSPS) is 15.9. The van der Waals surface area contributed by atoms with Crippen molar-refractivity contribution in [3.63, 3.8) is 0 Å². The van der Waals surface area contributed by atoms with Crippen LogP contribution in [0.15, 0.2) is 27.8 Å². The van der Waals surface area contributed by atoms with E-state index in [0.29, 0.717) is 10.9 Å². The highest BCUT2D eigenvalue weighted by Crippen LogP contribution is 2.18. The van der Waals surface area contributed by atoms with Crippen molar-refractivity contribution in [1.29, 1.82) is 0 Å². The van der Waals surface area contributed by atoms with E-state index in [2.05, 4.69) is 15.2 Å². The van der Waals surface area contributed by atoms with Gasteiger partial charge in [0.2, 0.25) is 0 Å². The molecule has 0 unspecified atom stereocenters. The van der Waals surface area contributed by atoms with Gasteiger partial charge in [0.05, 0.1) is 10.9 Å². The van der Waals surface area contributed by atoms with Gasteiger partial charge in [-0.05, 0) is 18.2 Å². The lowest BCUT2D eigenvalue weighted by Crippen LogP contribution is -2.43. The van der Waals surface area contributed by atoms with Crippen LogP contribution >= 0.6 is 0 Å². The Balaban J connectivity index is 2.15. The number of piperazine rings is 1. The summed E-state index contributed by atoms with van der Waals surface area (Å²) in [5, 5.41) is 3.85. The molecule has 2 N–H and O–H groups in total. The standard InChI is InChI=1S/C13H16N4O2/c1-16-12(18)10-8-9(17-6-4-14-5-7-17)2-3-11(10)15-13(16)19/h2-3,8,14H,4-7H2,1H3,(H,15,19). The van der Waals surface area contributed by atoms with Gasteiger partial charge in [0.25, 0.3) is 5.56 Å². The fourth-order valence-corrected chi connectivity index (χ4v) is 2.41. The Bertz CT molecular complexity index is 725. The third kappa shape index (κ3) is 2.04. The van der Waals surface area contributed by atoms with E-state index in [1.165, 1.54) is 7.05 Å². The SMILES string of the molecule is Cn1c(=O)[nH]c2ccc(N3CCNCC3)cc2c1=O. The van der Waals surface area contributed by atoms with Gasteiger partial charge < -0.3 is 15.2 Å². The van der Waals surface area contributed by atoms with Crippen LogP contribution in [0.4, 0.5) is 5.69 Å². The number of benzene rings is 1. The molecule has 19 heavy (non-hydrogen) atoms. The maximum Gasteiger partial charge on any atom is 0.328 e. The molecule has 1 saturated heterocycles. The maximum atomic E-state index is 12.1. The van der Waals surface area contributed by atoms with Crippen LogP contribution in [0, 0.1) is 0 Å². The summed E-state index contributed by atoms with van der Waals surface area (Å²) in [5.74, 6) is 0. The van der Waals surface area contributed by atoms with Crippen molar-refractivity contribution in [1.82, 2.24) is 14.9 Å². The predicted molar refractivity (Wildman–Crippen MR) is 74.9 cm³/mol. The van der Waals surface area contributed by atoms with Crippen LogP contribution < -0.4 is 21.5 Å². The quantitative estimate of drug-likeness (QED) is 0.734. The summed E-state index contributed by atoms with van der Waals surface area (Å²) < 4.78 is 1.10. The van der Waals surface area contributed by atoms with Crippen LogP contribution in [0.5, 0.6) is 0 Å². The minimum Gasteiger partial charge on any atom is -0.369 e. The number of aromatic nitrogens is 2. The molecule has 0 bridgehead atoms. The Kier molecular flexibility index (Phi) is 2.87. The molecule has 0 amide bonds. The second-order valence-corrected chi connectivity index (χ2v) is 4.76. The van der Waals surface area contributed by atoms with Crippen LogP contribution in [0.25, 0.3) is 10.9 Å². The first-order chi connectivity index (χ1) is 9.16. The van der Waals surface area contributed by atoms with E-state index >= 15 is 0 Å². The maximum absolute atomic E-state index is 12.1. The van der Waals surface area contributed by atoms with Gasteiger partial charge in [-0.3, -0.25) is 9.36 Å². The largest absolute Gasteiger partial charge is 0.369 e. The summed E-state index contributed by atoms with van der Waals surface area (Å²) >= 11 is 0. The van der Waals surface area contributed by atoms with Gasteiger partial charge in [0.15, 0.2) is 0 Å². The van der Waals surface area contributed by atoms with Crippen molar-refractivity contribution in [2.75, 3.05) is 31.1 Å². The summed E-state index contributed by atoms with van der Waals surface area (Å²) in [7, 11) is 1.48. The highest BCUT2D eigenvalue weighted by atomic mass is 16.2. The van der Waals surface area contributed by atoms with Crippen LogP contribution in [-0.2, 0) is 7.05 Å². The Morgan fingerprint density at radius 2 is 1.89 bits per heavy atom. The number of nitrogens with one attached hydrogen (secondary N) is 2. The number of hydrogen-bond acceptors (Lipinski definition) is 4. The molecule has 1 aromatic heterocycles. The summed E-state index contributed by atoms with van der Waals surface area (Å²) in [4.78, 5) is 28.6. The summed E-state index contributed by atoms with van der Waals surface area (Å²) in [6.45, 7) is 3.74. The Morgan fingerprint density at radius 3 is 2.63 bits per heavy atom. The van der Waals surface area contributed by atoms with E-state index in [9.17, 15) is 9.59 Å². The number of nitrogens with zero attached hydrogens (tertiary/aromatic N) is 2. The number of anilines is 1. The highest BCUT2D eigenvalue weighted by molar-refractivity contribution is 5.81. The molecule has 100 valence electrons. The molecule has 2 aromatic rings. The average molecular weight is 260 g/mol. The monoisotopic (exact) mass is 260 g/mol. The van der Waals surface area contributed by atoms with E-state index in [0.717, 1.165) is 36.4 Å². The first-order valence-electron chi connectivity index (χ1n) is 6.35. The number of rotatable bonds is 1. The van der Waals surface area contributed by atoms with Gasteiger partial charge in [-0.15, -0.1) is 0 Å². The van der Waals surface area contributed by atoms with E-state index in [1.54, 1.807) is 6.07 Å². The zero-order chi connectivity index (χ0) is 13.4. The topological polar surface area (TPSA) is 70.1 Å². The molecule has 0 radical (unpaired) electrons. The molecule has 1 aliphatic rings. The molecule has 0 aliphatic carbocycles. The summed E-state index contributed by atoms with van der Waals surface area (Å²) in [6.07, 6.45) is 0. The third-order valence-corrected chi connectivity index (χ3v) is 3.57. The summed E-state index contributed by atoms with van der Waals surface area (Å²) in [6, 6.07) is 5.61. The molecular formula is C13H16N4O2. The van der Waals surface area contributed by atoms with Gasteiger partial charge in [-0.1, -0.05) is 0 Å². The lowest BCUT2D eigenvalue weighted by Gasteiger charge is -2.29. The number of fused-ring (bicyclic) bond motifs is 1. The molecule has 0 atom stereocenters. The Morgan fingerprint density at radius 1 is 1.16 bits per heavy atom. The van der Waals surface area contributed by atoms with Crippen molar-refractivity contribution in [3.8, 4) is 0 Å². The molecule has 6 heteroatoms. The molecule has 2 heterocycles. The van der Waals surface area contributed by atoms with Crippen LogP contribution in [0.3, 0.4) is 0 Å². The van der Waals surface area contributed by atoms with Gasteiger partial charge in [0.1, 0.15) is 0 Å². The first-order valence-corrected chi connectivity index (χ1v) is 6.35. The average Bonchev–Trinajstić information content (AvgIpc) is 2.46. The van der Waals surface area contributed by atoms with Crippen LogP contribution in [0.1, 0.15) is 0 Å². The second kappa shape index (κ2) is 4.55. The number of H-pyrrole nitrogens is 1. The van der Waals surface area contributed by atoms with Crippen molar-refractivity contribution in [2.24, 2.45) is 7.05 Å². The minimum absolute atomic E-state index is 0.254. The van der Waals surface area contributed by atoms with Crippen LogP contribution in [-0.4, -0.2) is 35.7 Å². The molecule has 1 aliphatic heterocycles. The molecule has 3 rings (SSSR count). The van der Waals surface area contributed by atoms with Gasteiger partial charge in [-0.2, -0.15) is 0 Å². The zero-order valence-electron chi connectivity index (χ0n) is 10.8. The fraction of sp³-hybridized carbons (Fsp3) is 0.385. The lowest BCUT2D eigenvalue weighted by molar-refractivity contribution is 0.589. The van der Waals surface area contributed by atoms with E-state index in [-0.39, 0.29) is 11.2 Å². The Labute approximate surface area is 109 Å². The van der Waals surface area contributed by atoms with Crippen molar-refractivity contribution < 1.29 is 0 Å². The smallest absolute Gasteiger partial charge is 0.328 e. The number of hydrogen-bond donors (Lipinski definition) is 2. The van der Waals surface area contributed by atoms with E-state index < -0.39 is 0 Å². The predicted octanol–water partition coefficient (Wildman–Crippen LogP) is -0.364. The Hall–Kier alpha value is -2.08. The van der Waals surface area contributed by atoms with Crippen molar-refractivity contribution >= 4 is 16.6 Å². The number of aromatic amines is 1. The van der Waals surface area contributed by atoms with E-state index in [1.807, 2.05) is 12.1 Å². The van der Waals surface area contributed by atoms with E-state index in [4.69, 9.17) is 0 Å².